The van der Waals surface area contributed by atoms with E-state index in [0.29, 0.717) is 35.3 Å². The number of ether oxygens (including phenoxy) is 1. The van der Waals surface area contributed by atoms with Gasteiger partial charge in [0.2, 0.25) is 11.9 Å². The van der Waals surface area contributed by atoms with Crippen molar-refractivity contribution < 1.29 is 9.13 Å². The van der Waals surface area contributed by atoms with Crippen LogP contribution < -0.4 is 15.4 Å². The monoisotopic (exact) mass is 408 g/mol. The van der Waals surface area contributed by atoms with Crippen LogP contribution in [0.2, 0.25) is 0 Å². The number of hydrogen-bond acceptors (Lipinski definition) is 6. The van der Waals surface area contributed by atoms with Gasteiger partial charge in [-0.25, -0.2) is 14.4 Å². The highest BCUT2D eigenvalue weighted by Gasteiger charge is 2.14. The number of imidazole rings is 1. The second-order valence-electron chi connectivity index (χ2n) is 6.45. The third-order valence-electron chi connectivity index (χ3n) is 4.40. The first-order valence-electron chi connectivity index (χ1n) is 9.34. The van der Waals surface area contributed by atoms with Gasteiger partial charge in [0.15, 0.2) is 5.65 Å². The minimum atomic E-state index is -0.337. The van der Waals surface area contributed by atoms with Crippen molar-refractivity contribution in [3.05, 3.63) is 60.5 Å². The lowest BCUT2D eigenvalue weighted by molar-refractivity contribution is 0.415. The van der Waals surface area contributed by atoms with Crippen LogP contribution in [-0.4, -0.2) is 26.6 Å². The van der Waals surface area contributed by atoms with Crippen LogP contribution in [0.1, 0.15) is 20.8 Å². The fourth-order valence-electron chi connectivity index (χ4n) is 3.00. The molecule has 0 spiro atoms. The number of hydrogen-bond donors (Lipinski definition) is 2. The molecule has 7 nitrogen and oxygen atoms in total. The Labute approximate surface area is 175 Å². The summed E-state index contributed by atoms with van der Waals surface area (Å²) in [4.78, 5) is 13.5. The summed E-state index contributed by atoms with van der Waals surface area (Å²) in [5.74, 6) is 1.42. The summed E-state index contributed by atoms with van der Waals surface area (Å²) in [5.41, 5.74) is 2.52. The zero-order chi connectivity index (χ0) is 20.2. The fraction of sp³-hybridized carbons (Fsp3) is 0.227. The minimum Gasteiger partial charge on any atom is -0.497 e. The third-order valence-corrected chi connectivity index (χ3v) is 4.40. The topological polar surface area (TPSA) is 76.9 Å². The Morgan fingerprint density at radius 3 is 2.50 bits per heavy atom. The number of nitrogens with one attached hydrogen (secondary N) is 2. The second kappa shape index (κ2) is 9.21. The summed E-state index contributed by atoms with van der Waals surface area (Å²) >= 11 is 0. The van der Waals surface area contributed by atoms with Crippen LogP contribution >= 0.6 is 0 Å². The SMILES string of the molecule is C.CCCn1c(Nc2ccccc2F)nc2cnc(Nc3ccc(OC)cc3)nc21. The Hall–Kier alpha value is -3.68. The van der Waals surface area contributed by atoms with E-state index in [9.17, 15) is 4.39 Å². The van der Waals surface area contributed by atoms with Crippen molar-refractivity contribution in [2.45, 2.75) is 27.3 Å². The number of nitrogens with zero attached hydrogens (tertiary/aromatic N) is 4. The molecule has 2 aromatic carbocycles. The number of benzene rings is 2. The van der Waals surface area contributed by atoms with Gasteiger partial charge in [-0.1, -0.05) is 26.5 Å². The highest BCUT2D eigenvalue weighted by atomic mass is 19.1. The zero-order valence-electron chi connectivity index (χ0n) is 16.2. The number of methoxy groups -OCH3 is 1. The van der Waals surface area contributed by atoms with Crippen LogP contribution in [0.5, 0.6) is 5.75 Å². The number of aromatic nitrogens is 4. The van der Waals surface area contributed by atoms with Crippen LogP contribution in [0.4, 0.5) is 27.7 Å². The van der Waals surface area contributed by atoms with Crippen molar-refractivity contribution in [1.82, 2.24) is 19.5 Å². The Morgan fingerprint density at radius 1 is 1.03 bits per heavy atom. The highest BCUT2D eigenvalue weighted by Crippen LogP contribution is 2.25. The van der Waals surface area contributed by atoms with Crippen molar-refractivity contribution in [1.29, 1.82) is 0 Å². The van der Waals surface area contributed by atoms with Crippen LogP contribution in [0, 0.1) is 5.82 Å². The molecule has 0 aliphatic rings. The van der Waals surface area contributed by atoms with E-state index in [1.165, 1.54) is 6.07 Å². The Kier molecular flexibility index (Phi) is 6.46. The number of rotatable bonds is 7. The average Bonchev–Trinajstić information content (AvgIpc) is 3.07. The molecule has 0 radical (unpaired) electrons. The second-order valence-corrected chi connectivity index (χ2v) is 6.45. The molecule has 4 rings (SSSR count). The van der Waals surface area contributed by atoms with Crippen molar-refractivity contribution in [3.8, 4) is 5.75 Å². The van der Waals surface area contributed by atoms with Gasteiger partial charge in [-0.05, 0) is 42.8 Å². The summed E-state index contributed by atoms with van der Waals surface area (Å²) in [6, 6.07) is 14.0. The van der Waals surface area contributed by atoms with Crippen LogP contribution in [0.25, 0.3) is 11.2 Å². The molecular formula is C22H25FN6O. The minimum absolute atomic E-state index is 0. The largest absolute Gasteiger partial charge is 0.497 e. The van der Waals surface area contributed by atoms with Gasteiger partial charge in [-0.3, -0.25) is 4.57 Å². The molecule has 30 heavy (non-hydrogen) atoms. The maximum absolute atomic E-state index is 14.1. The van der Waals surface area contributed by atoms with Crippen LogP contribution in [0.15, 0.2) is 54.7 Å². The first-order chi connectivity index (χ1) is 14.2. The molecule has 0 fully saturated rings. The van der Waals surface area contributed by atoms with E-state index in [4.69, 9.17) is 4.74 Å². The van der Waals surface area contributed by atoms with Crippen LogP contribution in [-0.2, 0) is 6.54 Å². The van der Waals surface area contributed by atoms with E-state index in [1.807, 2.05) is 28.8 Å². The predicted molar refractivity (Wildman–Crippen MR) is 118 cm³/mol. The highest BCUT2D eigenvalue weighted by molar-refractivity contribution is 5.77. The molecule has 0 amide bonds. The van der Waals surface area contributed by atoms with E-state index in [2.05, 4.69) is 32.5 Å². The zero-order valence-corrected chi connectivity index (χ0v) is 16.2. The van der Waals surface area contributed by atoms with Crippen molar-refractivity contribution in [2.24, 2.45) is 0 Å². The van der Waals surface area contributed by atoms with Gasteiger partial charge in [-0.15, -0.1) is 0 Å². The normalized spacial score (nSPS) is 10.5. The maximum atomic E-state index is 14.1. The number of anilines is 4. The molecule has 156 valence electrons. The van der Waals surface area contributed by atoms with Gasteiger partial charge in [0.25, 0.3) is 0 Å². The van der Waals surface area contributed by atoms with Crippen LogP contribution in [0.3, 0.4) is 0 Å². The van der Waals surface area contributed by atoms with Crippen molar-refractivity contribution in [2.75, 3.05) is 17.7 Å². The number of halogens is 1. The Balaban J connectivity index is 0.00000256. The van der Waals surface area contributed by atoms with Crippen molar-refractivity contribution in [3.63, 3.8) is 0 Å². The van der Waals surface area contributed by atoms with Gasteiger partial charge < -0.3 is 15.4 Å². The van der Waals surface area contributed by atoms with Gasteiger partial charge in [0.05, 0.1) is 19.0 Å². The van der Waals surface area contributed by atoms with Gasteiger partial charge in [-0.2, -0.15) is 4.98 Å². The summed E-state index contributed by atoms with van der Waals surface area (Å²) < 4.78 is 21.2. The first kappa shape index (κ1) is 21.0. The molecule has 4 aromatic rings. The fourth-order valence-corrected chi connectivity index (χ4v) is 3.00. The van der Waals surface area contributed by atoms with E-state index in [1.54, 1.807) is 31.5 Å². The predicted octanol–water partition coefficient (Wildman–Crippen LogP) is 5.51. The lowest BCUT2D eigenvalue weighted by atomic mass is 10.3. The molecule has 0 bridgehead atoms. The van der Waals surface area contributed by atoms with Gasteiger partial charge in [0, 0.05) is 12.2 Å². The molecule has 0 saturated carbocycles. The molecule has 0 atom stereocenters. The quantitative estimate of drug-likeness (QED) is 0.420. The molecule has 0 saturated heterocycles. The smallest absolute Gasteiger partial charge is 0.229 e. The lowest BCUT2D eigenvalue weighted by Gasteiger charge is -2.10. The third kappa shape index (κ3) is 4.32. The lowest BCUT2D eigenvalue weighted by Crippen LogP contribution is -2.06. The Morgan fingerprint density at radius 2 is 1.80 bits per heavy atom. The van der Waals surface area contributed by atoms with E-state index in [0.717, 1.165) is 17.9 Å². The van der Waals surface area contributed by atoms with Gasteiger partial charge in [0.1, 0.15) is 17.1 Å². The summed E-state index contributed by atoms with van der Waals surface area (Å²) in [7, 11) is 1.63. The summed E-state index contributed by atoms with van der Waals surface area (Å²) in [6.07, 6.45) is 2.54. The maximum Gasteiger partial charge on any atom is 0.229 e. The molecular weight excluding hydrogens is 383 g/mol. The molecule has 2 aromatic heterocycles. The van der Waals surface area contributed by atoms with E-state index >= 15 is 0 Å². The Bertz CT molecular complexity index is 1130. The number of para-hydroxylation sites is 1. The molecule has 0 aliphatic carbocycles. The van der Waals surface area contributed by atoms with E-state index < -0.39 is 0 Å². The standard InChI is InChI=1S/C21H21FN6O.CH4/c1-3-12-28-19-18(26-21(28)25-17-7-5-4-6-16(17)22)13-23-20(27-19)24-14-8-10-15(29-2)11-9-14;/h4-11,13H,3,12H2,1-2H3,(H,25,26)(H,23,24,27);1H4. The molecule has 2 heterocycles. The average molecular weight is 408 g/mol. The summed E-state index contributed by atoms with van der Waals surface area (Å²) in [5, 5.41) is 6.26. The van der Waals surface area contributed by atoms with E-state index in [-0.39, 0.29) is 13.2 Å². The molecule has 0 unspecified atom stereocenters. The number of aryl methyl sites for hydroxylation is 1. The summed E-state index contributed by atoms with van der Waals surface area (Å²) in [6.45, 7) is 2.75. The molecule has 0 aliphatic heterocycles. The van der Waals surface area contributed by atoms with Crippen molar-refractivity contribution >= 4 is 34.4 Å². The first-order valence-corrected chi connectivity index (χ1v) is 9.34. The molecule has 2 N–H and O–H groups in total. The molecule has 8 heteroatoms. The van der Waals surface area contributed by atoms with Gasteiger partial charge >= 0.3 is 0 Å². The number of fused-ring (bicyclic) bond motifs is 1.